The number of hydrogen-bond donors (Lipinski definition) is 1. The fourth-order valence-electron chi connectivity index (χ4n) is 1.90. The molecule has 0 fully saturated rings. The van der Waals surface area contributed by atoms with Gasteiger partial charge in [-0.05, 0) is 31.5 Å². The first-order valence-electron chi connectivity index (χ1n) is 7.68. The second-order valence-electron chi connectivity index (χ2n) is 4.81. The summed E-state index contributed by atoms with van der Waals surface area (Å²) in [5.41, 5.74) is 5.44. The molecule has 2 rings (SSSR count). The zero-order valence-electron chi connectivity index (χ0n) is 14.6. The maximum atomic E-state index is 10.8. The fourth-order valence-corrected chi connectivity index (χ4v) is 1.90. The van der Waals surface area contributed by atoms with Crippen LogP contribution in [0.5, 0.6) is 0 Å². The van der Waals surface area contributed by atoms with Gasteiger partial charge >= 0.3 is 0 Å². The lowest BCUT2D eigenvalue weighted by Gasteiger charge is -2.20. The molecule has 128 valence electrons. The van der Waals surface area contributed by atoms with Crippen LogP contribution in [0.2, 0.25) is 0 Å². The van der Waals surface area contributed by atoms with E-state index in [1.165, 1.54) is 12.1 Å². The number of benzene rings is 1. The summed E-state index contributed by atoms with van der Waals surface area (Å²) >= 11 is 0. The third kappa shape index (κ3) is 5.35. The Morgan fingerprint density at radius 1 is 1.33 bits per heavy atom. The molecule has 0 saturated heterocycles. The first-order chi connectivity index (χ1) is 11.5. The lowest BCUT2D eigenvalue weighted by molar-refractivity contribution is -0.384. The van der Waals surface area contributed by atoms with Gasteiger partial charge < -0.3 is 0 Å². The van der Waals surface area contributed by atoms with Gasteiger partial charge in [-0.25, -0.2) is 4.99 Å². The fraction of sp³-hybridized carbons (Fsp3) is 0.294. The number of aromatic nitrogens is 1. The second kappa shape index (κ2) is 9.24. The van der Waals surface area contributed by atoms with Crippen molar-refractivity contribution >= 4 is 22.9 Å². The Morgan fingerprint density at radius 2 is 2.04 bits per heavy atom. The number of pyridine rings is 1. The summed E-state index contributed by atoms with van der Waals surface area (Å²) in [5, 5.41) is 12.6. The van der Waals surface area contributed by atoms with Crippen molar-refractivity contribution in [3.63, 3.8) is 0 Å². The molecule has 0 radical (unpaired) electrons. The van der Waals surface area contributed by atoms with Gasteiger partial charge in [-0.2, -0.15) is 0 Å². The molecule has 7 nitrogen and oxygen atoms in total. The molecule has 0 unspecified atom stereocenters. The number of anilines is 1. The lowest BCUT2D eigenvalue weighted by atomic mass is 10.2. The van der Waals surface area contributed by atoms with Gasteiger partial charge in [-0.15, -0.1) is 0 Å². The zero-order chi connectivity index (χ0) is 18.1. The van der Waals surface area contributed by atoms with E-state index in [2.05, 4.69) is 15.4 Å². The maximum absolute atomic E-state index is 10.8. The van der Waals surface area contributed by atoms with Crippen LogP contribution in [-0.2, 0) is 0 Å². The molecule has 1 N–H and O–H groups in total. The van der Waals surface area contributed by atoms with E-state index < -0.39 is 4.92 Å². The van der Waals surface area contributed by atoms with Crippen LogP contribution < -0.4 is 10.4 Å². The topological polar surface area (TPSA) is 83.7 Å². The minimum Gasteiger partial charge on any atom is -0.288 e. The molecule has 0 aliphatic heterocycles. The lowest BCUT2D eigenvalue weighted by Crippen LogP contribution is -2.37. The summed E-state index contributed by atoms with van der Waals surface area (Å²) in [7, 11) is 1.84. The third-order valence-electron chi connectivity index (χ3n) is 3.05. The molecular weight excluding hydrogens is 306 g/mol. The number of amidine groups is 1. The van der Waals surface area contributed by atoms with Crippen molar-refractivity contribution < 1.29 is 4.92 Å². The van der Waals surface area contributed by atoms with Crippen LogP contribution in [0, 0.1) is 17.0 Å². The highest BCUT2D eigenvalue weighted by Gasteiger charge is 2.08. The Bertz CT molecular complexity index is 701. The molecule has 0 atom stereocenters. The summed E-state index contributed by atoms with van der Waals surface area (Å²) in [6.07, 6.45) is 3.42. The van der Waals surface area contributed by atoms with Crippen molar-refractivity contribution in [1.29, 1.82) is 0 Å². The van der Waals surface area contributed by atoms with E-state index in [0.29, 0.717) is 11.5 Å². The monoisotopic (exact) mass is 329 g/mol. The average Bonchev–Trinajstić information content (AvgIpc) is 2.59. The molecule has 0 amide bonds. The molecule has 1 aromatic carbocycles. The maximum Gasteiger partial charge on any atom is 0.271 e. The predicted molar refractivity (Wildman–Crippen MR) is 97.7 cm³/mol. The largest absolute Gasteiger partial charge is 0.288 e. The van der Waals surface area contributed by atoms with Crippen LogP contribution in [0.1, 0.15) is 26.3 Å². The van der Waals surface area contributed by atoms with Crippen LogP contribution in [0.15, 0.2) is 47.7 Å². The van der Waals surface area contributed by atoms with E-state index in [4.69, 9.17) is 0 Å². The quantitative estimate of drug-likeness (QED) is 0.396. The number of aliphatic imine (C=N–C) groups is 1. The number of nitrogens with one attached hydrogen (secondary N) is 1. The standard InChI is InChI=1S/C15H17N5O2.C2H6/c1-11-6-7-13(20(21)22)9-15(11)17-12(2)18-19(3)14-5-4-8-16-10-14;1-2/h4-10H,1-3H3,(H,17,18);1-2H3. The van der Waals surface area contributed by atoms with Gasteiger partial charge in [0.25, 0.3) is 5.69 Å². The van der Waals surface area contributed by atoms with Crippen LogP contribution in [0.3, 0.4) is 0 Å². The molecule has 7 heteroatoms. The van der Waals surface area contributed by atoms with Crippen molar-refractivity contribution in [3.05, 3.63) is 58.4 Å². The molecule has 0 aliphatic carbocycles. The molecule has 1 aromatic heterocycles. The number of hydrogen-bond acceptors (Lipinski definition) is 5. The summed E-state index contributed by atoms with van der Waals surface area (Å²) in [4.78, 5) is 18.9. The van der Waals surface area contributed by atoms with E-state index in [9.17, 15) is 10.1 Å². The Balaban J connectivity index is 0.00000139. The highest BCUT2D eigenvalue weighted by atomic mass is 16.6. The third-order valence-corrected chi connectivity index (χ3v) is 3.05. The highest BCUT2D eigenvalue weighted by molar-refractivity contribution is 5.84. The molecule has 0 spiro atoms. The van der Waals surface area contributed by atoms with E-state index in [1.54, 1.807) is 30.4 Å². The van der Waals surface area contributed by atoms with Crippen molar-refractivity contribution in [2.75, 3.05) is 12.1 Å². The van der Waals surface area contributed by atoms with Crippen LogP contribution in [0.25, 0.3) is 0 Å². The minimum atomic E-state index is -0.428. The first kappa shape index (κ1) is 19.1. The number of nitro groups is 1. The van der Waals surface area contributed by atoms with E-state index in [-0.39, 0.29) is 5.69 Å². The zero-order valence-corrected chi connectivity index (χ0v) is 14.6. The Hall–Kier alpha value is -2.96. The number of non-ortho nitro benzene ring substituents is 1. The van der Waals surface area contributed by atoms with Gasteiger partial charge in [0.15, 0.2) is 0 Å². The molecule has 2 aromatic rings. The van der Waals surface area contributed by atoms with Gasteiger partial charge in [-0.3, -0.25) is 25.5 Å². The number of aryl methyl sites for hydroxylation is 1. The summed E-state index contributed by atoms with van der Waals surface area (Å²) < 4.78 is 0. The minimum absolute atomic E-state index is 0.0257. The summed E-state index contributed by atoms with van der Waals surface area (Å²) in [5.74, 6) is 0.620. The van der Waals surface area contributed by atoms with Crippen molar-refractivity contribution in [1.82, 2.24) is 10.4 Å². The van der Waals surface area contributed by atoms with Gasteiger partial charge in [0.05, 0.1) is 22.5 Å². The van der Waals surface area contributed by atoms with E-state index in [0.717, 1.165) is 11.3 Å². The normalized spacial score (nSPS) is 10.5. The Morgan fingerprint density at radius 3 is 2.62 bits per heavy atom. The Labute approximate surface area is 142 Å². The highest BCUT2D eigenvalue weighted by Crippen LogP contribution is 2.24. The van der Waals surface area contributed by atoms with Crippen molar-refractivity contribution in [2.24, 2.45) is 4.99 Å². The average molecular weight is 329 g/mol. The summed E-state index contributed by atoms with van der Waals surface area (Å²) in [6.45, 7) is 7.66. The van der Waals surface area contributed by atoms with Crippen molar-refractivity contribution in [3.8, 4) is 0 Å². The van der Waals surface area contributed by atoms with Gasteiger partial charge in [0, 0.05) is 25.4 Å². The number of nitrogens with zero attached hydrogens (tertiary/aromatic N) is 4. The van der Waals surface area contributed by atoms with Crippen LogP contribution >= 0.6 is 0 Å². The molecule has 24 heavy (non-hydrogen) atoms. The number of rotatable bonds is 4. The number of nitro benzene ring substituents is 1. The number of hydrazine groups is 1. The van der Waals surface area contributed by atoms with Crippen LogP contribution in [-0.4, -0.2) is 22.8 Å². The Kier molecular flexibility index (Phi) is 7.35. The molecule has 0 bridgehead atoms. The van der Waals surface area contributed by atoms with Gasteiger partial charge in [0.1, 0.15) is 5.84 Å². The summed E-state index contributed by atoms with van der Waals surface area (Å²) in [6, 6.07) is 8.37. The van der Waals surface area contributed by atoms with Gasteiger partial charge in [0.2, 0.25) is 0 Å². The van der Waals surface area contributed by atoms with Crippen molar-refractivity contribution in [2.45, 2.75) is 27.7 Å². The van der Waals surface area contributed by atoms with Crippen LogP contribution in [0.4, 0.5) is 17.1 Å². The van der Waals surface area contributed by atoms with E-state index in [1.807, 2.05) is 40.0 Å². The van der Waals surface area contributed by atoms with E-state index >= 15 is 0 Å². The molecule has 1 heterocycles. The smallest absolute Gasteiger partial charge is 0.271 e. The second-order valence-corrected chi connectivity index (χ2v) is 4.81. The molecule has 0 aliphatic rings. The molecular formula is C17H23N5O2. The molecule has 0 saturated carbocycles. The van der Waals surface area contributed by atoms with Gasteiger partial charge in [-0.1, -0.05) is 19.9 Å². The SMILES string of the molecule is CC.CC(=Nc1cc([N+](=O)[O-])ccc1C)NN(C)c1cccnc1. The first-order valence-corrected chi connectivity index (χ1v) is 7.68. The predicted octanol–water partition coefficient (Wildman–Crippen LogP) is 4.02.